The number of aryl methyl sites for hydroxylation is 1. The fourth-order valence-corrected chi connectivity index (χ4v) is 2.70. The van der Waals surface area contributed by atoms with Crippen LogP contribution in [0.2, 0.25) is 0 Å². The van der Waals surface area contributed by atoms with E-state index in [2.05, 4.69) is 38.2 Å². The van der Waals surface area contributed by atoms with Crippen molar-refractivity contribution in [3.05, 3.63) is 71.3 Å². The highest BCUT2D eigenvalue weighted by Crippen LogP contribution is 2.21. The molecule has 0 aliphatic carbocycles. The Hall–Kier alpha value is -2.42. The quantitative estimate of drug-likeness (QED) is 0.730. The monoisotopic (exact) mass is 337 g/mol. The minimum atomic E-state index is -0.142. The van der Waals surface area contributed by atoms with Gasteiger partial charge < -0.3 is 5.32 Å². The maximum atomic E-state index is 12.2. The number of hydrogen-bond acceptors (Lipinski definition) is 2. The molecule has 0 radical (unpaired) electrons. The zero-order chi connectivity index (χ0) is 18.3. The molecule has 0 aliphatic heterocycles. The van der Waals surface area contributed by atoms with E-state index >= 15 is 0 Å². The smallest absolute Gasteiger partial charge is 0.220 e. The summed E-state index contributed by atoms with van der Waals surface area (Å²) in [5, 5.41) is 2.96. The van der Waals surface area contributed by atoms with Gasteiger partial charge in [0.2, 0.25) is 5.91 Å². The highest BCUT2D eigenvalue weighted by Gasteiger charge is 2.21. The van der Waals surface area contributed by atoms with E-state index in [1.54, 1.807) is 0 Å². The van der Waals surface area contributed by atoms with Crippen LogP contribution < -0.4 is 5.32 Å². The second kappa shape index (κ2) is 8.61. The number of rotatable bonds is 8. The number of carbonyl (C=O) groups is 2. The van der Waals surface area contributed by atoms with Gasteiger partial charge in [0.25, 0.3) is 0 Å². The first-order chi connectivity index (χ1) is 11.9. The van der Waals surface area contributed by atoms with E-state index in [1.807, 2.05) is 42.5 Å². The summed E-state index contributed by atoms with van der Waals surface area (Å²) in [5.74, 6) is -0.0670. The van der Waals surface area contributed by atoms with Crippen LogP contribution in [0.5, 0.6) is 0 Å². The molecule has 2 rings (SSSR count). The average Bonchev–Trinajstić information content (AvgIpc) is 2.65. The molecule has 3 heteroatoms. The van der Waals surface area contributed by atoms with E-state index in [0.29, 0.717) is 12.1 Å². The van der Waals surface area contributed by atoms with Gasteiger partial charge in [0.15, 0.2) is 5.78 Å². The Balaban J connectivity index is 1.81. The lowest BCUT2D eigenvalue weighted by atomic mass is 9.84. The van der Waals surface area contributed by atoms with Crippen LogP contribution in [0.3, 0.4) is 0 Å². The minimum Gasteiger partial charge on any atom is -0.355 e. The molecular weight excluding hydrogens is 310 g/mol. The van der Waals surface area contributed by atoms with Gasteiger partial charge in [-0.05, 0) is 17.5 Å². The Morgan fingerprint density at radius 2 is 1.56 bits per heavy atom. The van der Waals surface area contributed by atoms with Crippen LogP contribution in [-0.2, 0) is 16.6 Å². The van der Waals surface area contributed by atoms with Gasteiger partial charge in [0.1, 0.15) is 0 Å². The molecule has 2 aromatic carbocycles. The molecule has 3 nitrogen and oxygen atoms in total. The maximum Gasteiger partial charge on any atom is 0.220 e. The van der Waals surface area contributed by atoms with E-state index in [4.69, 9.17) is 0 Å². The Morgan fingerprint density at radius 1 is 0.920 bits per heavy atom. The van der Waals surface area contributed by atoms with Crippen LogP contribution in [0.1, 0.15) is 55.1 Å². The van der Waals surface area contributed by atoms with Gasteiger partial charge >= 0.3 is 0 Å². The van der Waals surface area contributed by atoms with Crippen molar-refractivity contribution in [2.45, 2.75) is 45.4 Å². The van der Waals surface area contributed by atoms with Crippen molar-refractivity contribution in [1.29, 1.82) is 0 Å². The van der Waals surface area contributed by atoms with Gasteiger partial charge in [-0.3, -0.25) is 9.59 Å². The molecule has 132 valence electrons. The van der Waals surface area contributed by atoms with Crippen molar-refractivity contribution in [2.75, 3.05) is 6.54 Å². The number of hydrogen-bond donors (Lipinski definition) is 1. The summed E-state index contributed by atoms with van der Waals surface area (Å²) >= 11 is 0. The summed E-state index contributed by atoms with van der Waals surface area (Å²) in [5.41, 5.74) is 2.92. The fraction of sp³-hybridized carbons (Fsp3) is 0.364. The van der Waals surface area contributed by atoms with Crippen LogP contribution >= 0.6 is 0 Å². The first kappa shape index (κ1) is 18.9. The molecule has 0 heterocycles. The van der Waals surface area contributed by atoms with E-state index in [0.717, 1.165) is 6.42 Å². The zero-order valence-corrected chi connectivity index (χ0v) is 15.3. The Kier molecular flexibility index (Phi) is 6.51. The topological polar surface area (TPSA) is 46.2 Å². The molecule has 1 N–H and O–H groups in total. The lowest BCUT2D eigenvalue weighted by Gasteiger charge is -2.25. The average molecular weight is 337 g/mol. The molecule has 0 spiro atoms. The predicted octanol–water partition coefficient (Wildman–Crippen LogP) is 4.31. The molecule has 0 saturated carbocycles. The third-order valence-corrected chi connectivity index (χ3v) is 4.55. The Labute approximate surface area is 150 Å². The van der Waals surface area contributed by atoms with Gasteiger partial charge in [-0.1, -0.05) is 75.4 Å². The summed E-state index contributed by atoms with van der Waals surface area (Å²) < 4.78 is 0. The SMILES string of the molecule is CCc1ccc(C(=O)CCC(=O)NCC(C)(C)c2ccccc2)cc1. The van der Waals surface area contributed by atoms with Crippen LogP contribution in [0.25, 0.3) is 0 Å². The molecule has 0 bridgehead atoms. The third-order valence-electron chi connectivity index (χ3n) is 4.55. The number of carbonyl (C=O) groups excluding carboxylic acids is 2. The largest absolute Gasteiger partial charge is 0.355 e. The number of benzene rings is 2. The van der Waals surface area contributed by atoms with Crippen molar-refractivity contribution in [2.24, 2.45) is 0 Å². The Bertz CT molecular complexity index is 703. The second-order valence-corrected chi connectivity index (χ2v) is 7.00. The van der Waals surface area contributed by atoms with E-state index in [1.165, 1.54) is 11.1 Å². The van der Waals surface area contributed by atoms with Crippen molar-refractivity contribution < 1.29 is 9.59 Å². The molecule has 0 aliphatic rings. The van der Waals surface area contributed by atoms with Crippen molar-refractivity contribution >= 4 is 11.7 Å². The molecule has 0 aromatic heterocycles. The van der Waals surface area contributed by atoms with E-state index in [-0.39, 0.29) is 29.9 Å². The van der Waals surface area contributed by atoms with Crippen LogP contribution in [0.4, 0.5) is 0 Å². The molecular formula is C22H27NO2. The summed E-state index contributed by atoms with van der Waals surface area (Å²) in [4.78, 5) is 24.3. The summed E-state index contributed by atoms with van der Waals surface area (Å²) in [6.45, 7) is 6.83. The zero-order valence-electron chi connectivity index (χ0n) is 15.3. The number of nitrogens with one attached hydrogen (secondary N) is 1. The van der Waals surface area contributed by atoms with Crippen LogP contribution in [0, 0.1) is 0 Å². The molecule has 0 atom stereocenters. The highest BCUT2D eigenvalue weighted by atomic mass is 16.2. The fourth-order valence-electron chi connectivity index (χ4n) is 2.70. The summed E-state index contributed by atoms with van der Waals surface area (Å²) in [6, 6.07) is 17.7. The molecule has 0 saturated heterocycles. The second-order valence-electron chi connectivity index (χ2n) is 7.00. The first-order valence-electron chi connectivity index (χ1n) is 8.87. The van der Waals surface area contributed by atoms with Gasteiger partial charge in [-0.15, -0.1) is 0 Å². The predicted molar refractivity (Wildman–Crippen MR) is 102 cm³/mol. The van der Waals surface area contributed by atoms with Crippen LogP contribution in [0.15, 0.2) is 54.6 Å². The molecule has 0 fully saturated rings. The van der Waals surface area contributed by atoms with Crippen molar-refractivity contribution in [1.82, 2.24) is 5.32 Å². The maximum absolute atomic E-state index is 12.2. The number of amides is 1. The molecule has 25 heavy (non-hydrogen) atoms. The van der Waals surface area contributed by atoms with E-state index in [9.17, 15) is 9.59 Å². The number of Topliss-reactive ketones (excluding diaryl/α,β-unsaturated/α-hetero) is 1. The minimum absolute atomic E-state index is 0.0140. The van der Waals surface area contributed by atoms with E-state index < -0.39 is 0 Å². The van der Waals surface area contributed by atoms with Gasteiger partial charge in [-0.2, -0.15) is 0 Å². The molecule has 2 aromatic rings. The molecule has 1 amide bonds. The standard InChI is InChI=1S/C22H27NO2/c1-4-17-10-12-18(13-11-17)20(24)14-15-21(25)23-16-22(2,3)19-8-6-5-7-9-19/h5-13H,4,14-16H2,1-3H3,(H,23,25). The van der Waals surface area contributed by atoms with Gasteiger partial charge in [0.05, 0.1) is 0 Å². The lowest BCUT2D eigenvalue weighted by molar-refractivity contribution is -0.121. The van der Waals surface area contributed by atoms with Gasteiger partial charge in [-0.25, -0.2) is 0 Å². The first-order valence-corrected chi connectivity index (χ1v) is 8.87. The van der Waals surface area contributed by atoms with Crippen molar-refractivity contribution in [3.63, 3.8) is 0 Å². The summed E-state index contributed by atoms with van der Waals surface area (Å²) in [7, 11) is 0. The highest BCUT2D eigenvalue weighted by molar-refractivity contribution is 5.97. The lowest BCUT2D eigenvalue weighted by Crippen LogP contribution is -2.36. The van der Waals surface area contributed by atoms with Gasteiger partial charge in [0, 0.05) is 30.4 Å². The molecule has 0 unspecified atom stereocenters. The summed E-state index contributed by atoms with van der Waals surface area (Å²) in [6.07, 6.45) is 1.41. The normalized spacial score (nSPS) is 11.2. The van der Waals surface area contributed by atoms with Crippen molar-refractivity contribution in [3.8, 4) is 0 Å². The number of ketones is 1. The van der Waals surface area contributed by atoms with Crippen LogP contribution in [-0.4, -0.2) is 18.2 Å². The Morgan fingerprint density at radius 3 is 2.16 bits per heavy atom. The third kappa shape index (κ3) is 5.56.